The Morgan fingerprint density at radius 3 is 2.82 bits per heavy atom. The van der Waals surface area contributed by atoms with Gasteiger partial charge in [-0.15, -0.1) is 22.7 Å². The van der Waals surface area contributed by atoms with Crippen molar-refractivity contribution < 1.29 is 0 Å². The number of halogens is 1. The Morgan fingerprint density at radius 2 is 2.00 bits per heavy atom. The number of benzene rings is 1. The maximum Gasteiger partial charge on any atom is 0.136 e. The zero-order valence-corrected chi connectivity index (χ0v) is 14.4. The predicted molar refractivity (Wildman–Crippen MR) is 98.8 cm³/mol. The summed E-state index contributed by atoms with van der Waals surface area (Å²) in [6, 6.07) is 10.1. The quantitative estimate of drug-likeness (QED) is 0.433. The molecule has 0 aliphatic carbocycles. The van der Waals surface area contributed by atoms with Crippen molar-refractivity contribution in [2.75, 3.05) is 0 Å². The minimum atomic E-state index is 0.628. The van der Waals surface area contributed by atoms with E-state index in [2.05, 4.69) is 32.9 Å². The van der Waals surface area contributed by atoms with Crippen LogP contribution in [0.2, 0.25) is 0 Å². The van der Waals surface area contributed by atoms with Gasteiger partial charge in [0.15, 0.2) is 0 Å². The molecular weight excluding hydrogens is 352 g/mol. The third kappa shape index (κ3) is 2.73. The van der Waals surface area contributed by atoms with Gasteiger partial charge in [0.1, 0.15) is 10.0 Å². The third-order valence-electron chi connectivity index (χ3n) is 3.06. The first-order valence-electron chi connectivity index (χ1n) is 6.51. The van der Waals surface area contributed by atoms with Crippen LogP contribution in [0.15, 0.2) is 46.5 Å². The van der Waals surface area contributed by atoms with Crippen molar-refractivity contribution in [1.82, 2.24) is 9.97 Å². The van der Waals surface area contributed by atoms with E-state index in [1.807, 2.05) is 29.7 Å². The highest BCUT2D eigenvalue weighted by atomic mass is 35.5. The van der Waals surface area contributed by atoms with E-state index >= 15 is 0 Å². The zero-order valence-electron chi connectivity index (χ0n) is 11.2. The Morgan fingerprint density at radius 1 is 1.09 bits per heavy atom. The lowest BCUT2D eigenvalue weighted by atomic mass is 10.3. The molecule has 4 rings (SSSR count). The fourth-order valence-electron chi connectivity index (χ4n) is 2.04. The first kappa shape index (κ1) is 14.1. The standard InChI is InChI=1S/C16H9ClN2S3/c17-12(16-19-13-3-1-2-4-14(13)22-16)7-11-9-21-15(18-11)10-5-6-20-8-10/h1-9H/b12-7+. The Labute approximate surface area is 144 Å². The van der Waals surface area contributed by atoms with Crippen LogP contribution in [-0.2, 0) is 0 Å². The number of hydrogen-bond acceptors (Lipinski definition) is 5. The van der Waals surface area contributed by atoms with Gasteiger partial charge in [0.2, 0.25) is 0 Å². The molecule has 0 bridgehead atoms. The molecule has 22 heavy (non-hydrogen) atoms. The Balaban J connectivity index is 1.67. The molecule has 0 aliphatic rings. The Bertz CT molecular complexity index is 918. The molecule has 0 fully saturated rings. The molecule has 108 valence electrons. The van der Waals surface area contributed by atoms with E-state index in [-0.39, 0.29) is 0 Å². The Hall–Kier alpha value is -1.53. The minimum absolute atomic E-state index is 0.628. The van der Waals surface area contributed by atoms with Gasteiger partial charge in [0.25, 0.3) is 0 Å². The van der Waals surface area contributed by atoms with Gasteiger partial charge in [-0.1, -0.05) is 23.7 Å². The minimum Gasteiger partial charge on any atom is -0.237 e. The summed E-state index contributed by atoms with van der Waals surface area (Å²) in [5.74, 6) is 0. The van der Waals surface area contributed by atoms with Gasteiger partial charge in [-0.3, -0.25) is 0 Å². The van der Waals surface area contributed by atoms with Crippen LogP contribution in [-0.4, -0.2) is 9.97 Å². The van der Waals surface area contributed by atoms with Gasteiger partial charge >= 0.3 is 0 Å². The second kappa shape index (κ2) is 5.93. The highest BCUT2D eigenvalue weighted by Gasteiger charge is 2.09. The molecule has 6 heteroatoms. The van der Waals surface area contributed by atoms with E-state index in [1.54, 1.807) is 34.0 Å². The number of nitrogens with zero attached hydrogens (tertiary/aromatic N) is 2. The van der Waals surface area contributed by atoms with Crippen LogP contribution < -0.4 is 0 Å². The molecule has 2 nitrogen and oxygen atoms in total. The molecule has 0 aliphatic heterocycles. The summed E-state index contributed by atoms with van der Waals surface area (Å²) in [5.41, 5.74) is 3.01. The number of thiazole rings is 2. The zero-order chi connectivity index (χ0) is 14.9. The van der Waals surface area contributed by atoms with Crippen molar-refractivity contribution in [2.45, 2.75) is 0 Å². The van der Waals surface area contributed by atoms with Crippen LogP contribution in [0.25, 0.3) is 31.9 Å². The number of para-hydroxylation sites is 1. The SMILES string of the molecule is Cl/C(=C/c1csc(-c2ccsc2)n1)c1nc2ccccc2s1. The van der Waals surface area contributed by atoms with E-state index < -0.39 is 0 Å². The average molecular weight is 361 g/mol. The highest BCUT2D eigenvalue weighted by Crippen LogP contribution is 2.32. The van der Waals surface area contributed by atoms with E-state index in [0.717, 1.165) is 31.5 Å². The normalized spacial score (nSPS) is 12.1. The molecule has 1 aromatic carbocycles. The number of rotatable bonds is 3. The molecule has 0 unspecified atom stereocenters. The van der Waals surface area contributed by atoms with Crippen molar-refractivity contribution in [3.63, 3.8) is 0 Å². The van der Waals surface area contributed by atoms with Gasteiger partial charge in [0.05, 0.1) is 20.9 Å². The number of fused-ring (bicyclic) bond motifs is 1. The molecule has 0 saturated heterocycles. The maximum atomic E-state index is 6.42. The summed E-state index contributed by atoms with van der Waals surface area (Å²) in [4.78, 5) is 9.17. The summed E-state index contributed by atoms with van der Waals surface area (Å²) in [5, 5.41) is 8.64. The summed E-state index contributed by atoms with van der Waals surface area (Å²) in [7, 11) is 0. The fourth-order valence-corrected chi connectivity index (χ4v) is 4.67. The van der Waals surface area contributed by atoms with Crippen molar-refractivity contribution in [1.29, 1.82) is 0 Å². The van der Waals surface area contributed by atoms with E-state index in [9.17, 15) is 0 Å². The summed E-state index contributed by atoms with van der Waals surface area (Å²) < 4.78 is 1.14. The van der Waals surface area contributed by atoms with Crippen LogP contribution in [0.4, 0.5) is 0 Å². The van der Waals surface area contributed by atoms with Gasteiger partial charge in [-0.2, -0.15) is 11.3 Å². The lowest BCUT2D eigenvalue weighted by Gasteiger charge is -1.91. The van der Waals surface area contributed by atoms with Gasteiger partial charge in [0, 0.05) is 16.3 Å². The molecule has 3 aromatic heterocycles. The monoisotopic (exact) mass is 360 g/mol. The van der Waals surface area contributed by atoms with E-state index in [4.69, 9.17) is 11.6 Å². The summed E-state index contributed by atoms with van der Waals surface area (Å²) in [6.45, 7) is 0. The van der Waals surface area contributed by atoms with E-state index in [1.165, 1.54) is 0 Å². The first-order chi connectivity index (χ1) is 10.8. The van der Waals surface area contributed by atoms with Crippen molar-refractivity contribution >= 4 is 66.9 Å². The summed E-state index contributed by atoms with van der Waals surface area (Å²) >= 11 is 11.3. The number of hydrogen-bond donors (Lipinski definition) is 0. The second-order valence-electron chi connectivity index (χ2n) is 4.57. The largest absolute Gasteiger partial charge is 0.237 e. The molecule has 4 aromatic rings. The molecule has 0 atom stereocenters. The first-order valence-corrected chi connectivity index (χ1v) is 9.52. The lowest BCUT2D eigenvalue weighted by molar-refractivity contribution is 1.38. The molecule has 0 N–H and O–H groups in total. The fraction of sp³-hybridized carbons (Fsp3) is 0. The topological polar surface area (TPSA) is 25.8 Å². The molecule has 0 radical (unpaired) electrons. The molecule has 0 saturated carbocycles. The highest BCUT2D eigenvalue weighted by molar-refractivity contribution is 7.20. The van der Waals surface area contributed by atoms with Gasteiger partial charge in [-0.25, -0.2) is 9.97 Å². The molecule has 3 heterocycles. The van der Waals surface area contributed by atoms with Crippen LogP contribution in [0, 0.1) is 0 Å². The Kier molecular flexibility index (Phi) is 3.80. The number of aromatic nitrogens is 2. The average Bonchev–Trinajstić information content (AvgIpc) is 3.26. The van der Waals surface area contributed by atoms with Crippen molar-refractivity contribution in [3.05, 3.63) is 57.2 Å². The number of thiophene rings is 1. The van der Waals surface area contributed by atoms with Crippen LogP contribution in [0.3, 0.4) is 0 Å². The van der Waals surface area contributed by atoms with Crippen LogP contribution in [0.1, 0.15) is 10.7 Å². The van der Waals surface area contributed by atoms with Gasteiger partial charge < -0.3 is 0 Å². The molecular formula is C16H9ClN2S3. The van der Waals surface area contributed by atoms with Gasteiger partial charge in [-0.05, 0) is 29.7 Å². The van der Waals surface area contributed by atoms with Crippen LogP contribution >= 0.6 is 45.6 Å². The molecule has 0 amide bonds. The maximum absolute atomic E-state index is 6.42. The summed E-state index contributed by atoms with van der Waals surface area (Å²) in [6.07, 6.45) is 1.88. The smallest absolute Gasteiger partial charge is 0.136 e. The third-order valence-corrected chi connectivity index (χ3v) is 6.13. The van der Waals surface area contributed by atoms with E-state index in [0.29, 0.717) is 5.03 Å². The lowest BCUT2D eigenvalue weighted by Crippen LogP contribution is -1.77. The van der Waals surface area contributed by atoms with Crippen molar-refractivity contribution in [3.8, 4) is 10.6 Å². The second-order valence-corrected chi connectivity index (χ2v) is 7.64. The predicted octanol–water partition coefficient (Wildman–Crippen LogP) is 6.22. The van der Waals surface area contributed by atoms with Crippen LogP contribution in [0.5, 0.6) is 0 Å². The molecule has 0 spiro atoms. The van der Waals surface area contributed by atoms with Crippen molar-refractivity contribution in [2.24, 2.45) is 0 Å².